The number of fused-ring (bicyclic) bond motifs is 4. The molecule has 2 nitrogen and oxygen atoms in total. The fraction of sp³-hybridized carbons (Fsp3) is 0.0882. The summed E-state index contributed by atoms with van der Waals surface area (Å²) in [7, 11) is 0. The molecule has 0 radical (unpaired) electrons. The van der Waals surface area contributed by atoms with Crippen LogP contribution in [-0.2, 0) is 10.3 Å². The van der Waals surface area contributed by atoms with Crippen molar-refractivity contribution in [3.8, 4) is 0 Å². The molecule has 36 heavy (non-hydrogen) atoms. The van der Waals surface area contributed by atoms with Gasteiger partial charge in [-0.05, 0) is 70.4 Å². The summed E-state index contributed by atoms with van der Waals surface area (Å²) in [5.41, 5.74) is 4.83. The predicted octanol–water partition coefficient (Wildman–Crippen LogP) is 8.23. The van der Waals surface area contributed by atoms with Crippen LogP contribution in [0, 0.1) is 13.8 Å². The molecule has 7 rings (SSSR count). The highest BCUT2D eigenvalue weighted by molar-refractivity contribution is 6.02. The van der Waals surface area contributed by atoms with Crippen molar-refractivity contribution in [2.45, 2.75) is 19.4 Å². The molecular weight excluding hydrogens is 440 g/mol. The smallest absolute Gasteiger partial charge is 0.340 e. The number of cyclic esters (lactones) is 1. The van der Waals surface area contributed by atoms with Crippen LogP contribution < -0.4 is 0 Å². The third-order valence-corrected chi connectivity index (χ3v) is 7.54. The lowest BCUT2D eigenvalue weighted by molar-refractivity contribution is 0.0252. The topological polar surface area (TPSA) is 26.3 Å². The molecule has 172 valence electrons. The molecule has 0 saturated carbocycles. The Balaban J connectivity index is 1.57. The number of carbonyl (C=O) groups excluding carboxylic acids is 1. The van der Waals surface area contributed by atoms with Crippen molar-refractivity contribution < 1.29 is 9.53 Å². The fourth-order valence-corrected chi connectivity index (χ4v) is 5.71. The van der Waals surface area contributed by atoms with Crippen molar-refractivity contribution in [3.05, 3.63) is 143 Å². The van der Waals surface area contributed by atoms with Gasteiger partial charge in [-0.1, -0.05) is 96.1 Å². The van der Waals surface area contributed by atoms with E-state index in [1.807, 2.05) is 24.3 Å². The molecule has 1 heterocycles. The largest absolute Gasteiger partial charge is 0.441 e. The molecule has 0 atom stereocenters. The quantitative estimate of drug-likeness (QED) is 0.241. The van der Waals surface area contributed by atoms with Crippen LogP contribution in [0.4, 0.5) is 0 Å². The van der Waals surface area contributed by atoms with Gasteiger partial charge in [0.1, 0.15) is 0 Å². The minimum Gasteiger partial charge on any atom is -0.441 e. The van der Waals surface area contributed by atoms with Crippen molar-refractivity contribution in [1.82, 2.24) is 0 Å². The summed E-state index contributed by atoms with van der Waals surface area (Å²) >= 11 is 0. The van der Waals surface area contributed by atoms with Gasteiger partial charge in [-0.3, -0.25) is 0 Å². The van der Waals surface area contributed by atoms with Crippen molar-refractivity contribution in [2.75, 3.05) is 0 Å². The highest BCUT2D eigenvalue weighted by Crippen LogP contribution is 2.49. The fourth-order valence-electron chi connectivity index (χ4n) is 5.71. The summed E-state index contributed by atoms with van der Waals surface area (Å²) in [5.74, 6) is -0.288. The minimum absolute atomic E-state index is 0.288. The maximum absolute atomic E-state index is 13.5. The number of hydrogen-bond acceptors (Lipinski definition) is 2. The van der Waals surface area contributed by atoms with Crippen LogP contribution >= 0.6 is 0 Å². The Morgan fingerprint density at radius 1 is 0.528 bits per heavy atom. The Morgan fingerprint density at radius 3 is 1.58 bits per heavy atom. The van der Waals surface area contributed by atoms with E-state index in [0.29, 0.717) is 5.56 Å². The first-order valence-electron chi connectivity index (χ1n) is 12.3. The Morgan fingerprint density at radius 2 is 1.00 bits per heavy atom. The van der Waals surface area contributed by atoms with Crippen LogP contribution in [0.2, 0.25) is 0 Å². The molecule has 1 aliphatic heterocycles. The first kappa shape index (κ1) is 20.9. The van der Waals surface area contributed by atoms with Crippen molar-refractivity contribution in [1.29, 1.82) is 0 Å². The molecule has 0 bridgehead atoms. The Labute approximate surface area is 209 Å². The monoisotopic (exact) mass is 464 g/mol. The average molecular weight is 465 g/mol. The highest BCUT2D eigenvalue weighted by Gasteiger charge is 2.49. The molecule has 0 N–H and O–H groups in total. The second-order valence-corrected chi connectivity index (χ2v) is 9.95. The number of rotatable bonds is 2. The van der Waals surface area contributed by atoms with E-state index in [1.165, 1.54) is 21.9 Å². The third-order valence-electron chi connectivity index (χ3n) is 7.54. The Hall–Kier alpha value is -4.43. The van der Waals surface area contributed by atoms with Crippen LogP contribution in [0.5, 0.6) is 0 Å². The van der Waals surface area contributed by atoms with Gasteiger partial charge in [-0.25, -0.2) is 4.79 Å². The van der Waals surface area contributed by atoms with E-state index in [4.69, 9.17) is 4.74 Å². The summed E-state index contributed by atoms with van der Waals surface area (Å²) in [5, 5.41) is 6.72. The first-order valence-corrected chi connectivity index (χ1v) is 12.3. The zero-order valence-corrected chi connectivity index (χ0v) is 20.2. The molecule has 6 aromatic rings. The molecule has 0 spiro atoms. The molecule has 0 saturated heterocycles. The van der Waals surface area contributed by atoms with Crippen molar-refractivity contribution >= 4 is 38.3 Å². The molecule has 0 fully saturated rings. The van der Waals surface area contributed by atoms with E-state index in [2.05, 4.69) is 98.8 Å². The van der Waals surface area contributed by atoms with Crippen molar-refractivity contribution in [2.24, 2.45) is 0 Å². The number of aryl methyl sites for hydroxylation is 2. The number of esters is 1. The van der Waals surface area contributed by atoms with Crippen LogP contribution in [-0.4, -0.2) is 5.97 Å². The molecule has 0 aliphatic carbocycles. The van der Waals surface area contributed by atoms with E-state index in [1.54, 1.807) is 0 Å². The van der Waals surface area contributed by atoms with E-state index in [-0.39, 0.29) is 5.97 Å². The number of carbonyl (C=O) groups is 1. The number of hydrogen-bond donors (Lipinski definition) is 0. The maximum atomic E-state index is 13.5. The second-order valence-electron chi connectivity index (χ2n) is 9.95. The van der Waals surface area contributed by atoms with E-state index < -0.39 is 5.60 Å². The summed E-state index contributed by atoms with van der Waals surface area (Å²) in [4.78, 5) is 13.5. The first-order chi connectivity index (χ1) is 17.5. The Kier molecular flexibility index (Phi) is 4.37. The standard InChI is InChI=1S/C34H24O2/c1-21-7-9-27-17-29(13-11-25(27)15-21)34(30-14-12-26-16-22(2)8-10-28(26)18-30)32-20-24-6-4-3-5-23(24)19-31(32)33(35)36-34/h3-20H,1-2H3. The number of ether oxygens (including phenoxy) is 1. The zero-order chi connectivity index (χ0) is 24.4. The average Bonchev–Trinajstić information content (AvgIpc) is 3.19. The van der Waals surface area contributed by atoms with Gasteiger partial charge in [0.25, 0.3) is 0 Å². The second kappa shape index (κ2) is 7.53. The molecular formula is C34H24O2. The lowest BCUT2D eigenvalue weighted by Crippen LogP contribution is -2.29. The molecule has 0 aromatic heterocycles. The summed E-state index contributed by atoms with van der Waals surface area (Å²) in [6.07, 6.45) is 0. The van der Waals surface area contributed by atoms with E-state index in [0.717, 1.165) is 38.2 Å². The SMILES string of the molecule is Cc1ccc2cc(C3(c4ccc5cc(C)ccc5c4)OC(=O)c4cc5ccccc5cc43)ccc2c1. The summed E-state index contributed by atoms with van der Waals surface area (Å²) in [6, 6.07) is 38.0. The zero-order valence-electron chi connectivity index (χ0n) is 20.2. The van der Waals surface area contributed by atoms with Gasteiger partial charge in [0.2, 0.25) is 0 Å². The molecule has 6 aromatic carbocycles. The normalized spacial score (nSPS) is 14.3. The van der Waals surface area contributed by atoms with Gasteiger partial charge < -0.3 is 4.74 Å². The minimum atomic E-state index is -1.03. The van der Waals surface area contributed by atoms with Crippen LogP contribution in [0.25, 0.3) is 32.3 Å². The van der Waals surface area contributed by atoms with E-state index >= 15 is 0 Å². The molecule has 0 unspecified atom stereocenters. The molecule has 2 heteroatoms. The van der Waals surface area contributed by atoms with Gasteiger partial charge in [-0.15, -0.1) is 0 Å². The molecule has 1 aliphatic rings. The summed E-state index contributed by atoms with van der Waals surface area (Å²) < 4.78 is 6.47. The number of benzene rings is 6. The van der Waals surface area contributed by atoms with Crippen LogP contribution in [0.15, 0.2) is 109 Å². The highest BCUT2D eigenvalue weighted by atomic mass is 16.6. The predicted molar refractivity (Wildman–Crippen MR) is 147 cm³/mol. The lowest BCUT2D eigenvalue weighted by atomic mass is 9.78. The molecule has 0 amide bonds. The van der Waals surface area contributed by atoms with Gasteiger partial charge in [0.15, 0.2) is 5.60 Å². The van der Waals surface area contributed by atoms with Crippen molar-refractivity contribution in [3.63, 3.8) is 0 Å². The van der Waals surface area contributed by atoms with Gasteiger partial charge in [0.05, 0.1) is 5.56 Å². The van der Waals surface area contributed by atoms with Gasteiger partial charge in [0, 0.05) is 16.7 Å². The Bertz CT molecular complexity index is 1780. The van der Waals surface area contributed by atoms with E-state index in [9.17, 15) is 4.79 Å². The lowest BCUT2D eigenvalue weighted by Gasteiger charge is -2.31. The third kappa shape index (κ3) is 3.01. The van der Waals surface area contributed by atoms with Gasteiger partial charge >= 0.3 is 5.97 Å². The van der Waals surface area contributed by atoms with Gasteiger partial charge in [-0.2, -0.15) is 0 Å². The maximum Gasteiger partial charge on any atom is 0.340 e. The van der Waals surface area contributed by atoms with Crippen LogP contribution in [0.3, 0.4) is 0 Å². The summed E-state index contributed by atoms with van der Waals surface area (Å²) in [6.45, 7) is 4.21. The van der Waals surface area contributed by atoms with Crippen LogP contribution in [0.1, 0.15) is 38.2 Å².